The molecule has 0 N–H and O–H groups in total. The molecular formula is C13H16BrNO3. The standard InChI is InChI=1S/C13H16BrNO3/c1-3-17-12(16)7-6-10(2)9-18-11-5-4-8-15-13(11)14/h4-8,10H,3,9H2,1-2H3/b7-6+. The first kappa shape index (κ1) is 14.7. The van der Waals surface area contributed by atoms with E-state index in [1.165, 1.54) is 6.08 Å². The van der Waals surface area contributed by atoms with Crippen LogP contribution in [0.15, 0.2) is 35.1 Å². The second-order valence-corrected chi connectivity index (χ2v) is 4.44. The van der Waals surface area contributed by atoms with Gasteiger partial charge in [0.15, 0.2) is 5.75 Å². The highest BCUT2D eigenvalue weighted by molar-refractivity contribution is 9.10. The number of carbonyl (C=O) groups is 1. The Balaban J connectivity index is 2.40. The van der Waals surface area contributed by atoms with Gasteiger partial charge in [-0.05, 0) is 35.0 Å². The minimum Gasteiger partial charge on any atom is -0.490 e. The Morgan fingerprint density at radius 3 is 3.06 bits per heavy atom. The monoisotopic (exact) mass is 313 g/mol. The molecule has 98 valence electrons. The highest BCUT2D eigenvalue weighted by Gasteiger charge is 2.04. The van der Waals surface area contributed by atoms with Crippen molar-refractivity contribution in [3.05, 3.63) is 35.1 Å². The van der Waals surface area contributed by atoms with E-state index in [0.717, 1.165) is 0 Å². The molecule has 0 radical (unpaired) electrons. The van der Waals surface area contributed by atoms with Gasteiger partial charge in [0.05, 0.1) is 13.2 Å². The lowest BCUT2D eigenvalue weighted by atomic mass is 10.2. The number of halogens is 1. The highest BCUT2D eigenvalue weighted by atomic mass is 79.9. The molecule has 0 aliphatic rings. The molecule has 0 fully saturated rings. The summed E-state index contributed by atoms with van der Waals surface area (Å²) >= 11 is 3.30. The number of hydrogen-bond acceptors (Lipinski definition) is 4. The van der Waals surface area contributed by atoms with Gasteiger partial charge in [-0.25, -0.2) is 9.78 Å². The van der Waals surface area contributed by atoms with Crippen molar-refractivity contribution >= 4 is 21.9 Å². The van der Waals surface area contributed by atoms with E-state index >= 15 is 0 Å². The summed E-state index contributed by atoms with van der Waals surface area (Å²) < 4.78 is 11.0. The van der Waals surface area contributed by atoms with Gasteiger partial charge < -0.3 is 9.47 Å². The zero-order valence-corrected chi connectivity index (χ0v) is 12.0. The molecule has 0 aromatic carbocycles. The predicted molar refractivity (Wildman–Crippen MR) is 72.4 cm³/mol. The molecule has 4 nitrogen and oxygen atoms in total. The molecule has 0 saturated heterocycles. The van der Waals surface area contributed by atoms with Gasteiger partial charge in [-0.15, -0.1) is 0 Å². The van der Waals surface area contributed by atoms with Gasteiger partial charge in [-0.1, -0.05) is 13.0 Å². The first-order valence-electron chi connectivity index (χ1n) is 5.71. The Hall–Kier alpha value is -1.36. The number of nitrogens with zero attached hydrogens (tertiary/aromatic N) is 1. The van der Waals surface area contributed by atoms with Crippen molar-refractivity contribution in [2.75, 3.05) is 13.2 Å². The number of pyridine rings is 1. The first-order valence-corrected chi connectivity index (χ1v) is 6.51. The zero-order chi connectivity index (χ0) is 13.4. The van der Waals surface area contributed by atoms with Crippen LogP contribution in [0, 0.1) is 5.92 Å². The summed E-state index contributed by atoms with van der Waals surface area (Å²) in [6.45, 7) is 4.59. The molecule has 18 heavy (non-hydrogen) atoms. The van der Waals surface area contributed by atoms with Gasteiger partial charge in [-0.2, -0.15) is 0 Å². The fourth-order valence-corrected chi connectivity index (χ4v) is 1.55. The van der Waals surface area contributed by atoms with E-state index in [0.29, 0.717) is 23.6 Å². The fraction of sp³-hybridized carbons (Fsp3) is 0.385. The Morgan fingerprint density at radius 1 is 1.61 bits per heavy atom. The summed E-state index contributed by atoms with van der Waals surface area (Å²) in [5.41, 5.74) is 0. The van der Waals surface area contributed by atoms with Crippen LogP contribution in [-0.4, -0.2) is 24.2 Å². The Morgan fingerprint density at radius 2 is 2.39 bits per heavy atom. The molecule has 1 unspecified atom stereocenters. The lowest BCUT2D eigenvalue weighted by Gasteiger charge is -2.10. The maximum absolute atomic E-state index is 11.1. The summed E-state index contributed by atoms with van der Waals surface area (Å²) in [7, 11) is 0. The minimum absolute atomic E-state index is 0.113. The minimum atomic E-state index is -0.327. The second kappa shape index (κ2) is 7.87. The Labute approximate surface area is 115 Å². The maximum Gasteiger partial charge on any atom is 0.330 e. The number of esters is 1. The van der Waals surface area contributed by atoms with Crippen molar-refractivity contribution in [3.8, 4) is 5.75 Å². The summed E-state index contributed by atoms with van der Waals surface area (Å²) in [5, 5.41) is 0. The van der Waals surface area contributed by atoms with Gasteiger partial charge in [-0.3, -0.25) is 0 Å². The lowest BCUT2D eigenvalue weighted by Crippen LogP contribution is -2.08. The molecule has 1 heterocycles. The number of aromatic nitrogens is 1. The van der Waals surface area contributed by atoms with E-state index in [-0.39, 0.29) is 11.9 Å². The molecule has 0 aliphatic carbocycles. The smallest absolute Gasteiger partial charge is 0.330 e. The predicted octanol–water partition coefficient (Wildman–Crippen LogP) is 2.98. The van der Waals surface area contributed by atoms with E-state index in [4.69, 9.17) is 9.47 Å². The molecule has 0 amide bonds. The summed E-state index contributed by atoms with van der Waals surface area (Å²) in [6, 6.07) is 3.64. The van der Waals surface area contributed by atoms with Crippen molar-refractivity contribution < 1.29 is 14.3 Å². The molecule has 1 aromatic heterocycles. The molecule has 1 rings (SSSR count). The van der Waals surface area contributed by atoms with Gasteiger partial charge >= 0.3 is 5.97 Å². The van der Waals surface area contributed by atoms with Crippen molar-refractivity contribution in [2.24, 2.45) is 5.92 Å². The van der Waals surface area contributed by atoms with Crippen LogP contribution in [0.25, 0.3) is 0 Å². The van der Waals surface area contributed by atoms with E-state index in [1.54, 1.807) is 25.3 Å². The van der Waals surface area contributed by atoms with Crippen LogP contribution in [0.1, 0.15) is 13.8 Å². The summed E-state index contributed by atoms with van der Waals surface area (Å²) in [6.07, 6.45) is 4.87. The fourth-order valence-electron chi connectivity index (χ4n) is 1.19. The van der Waals surface area contributed by atoms with Crippen LogP contribution in [0.2, 0.25) is 0 Å². The van der Waals surface area contributed by atoms with Gasteiger partial charge in [0.25, 0.3) is 0 Å². The molecule has 0 saturated carbocycles. The third kappa shape index (κ3) is 5.31. The maximum atomic E-state index is 11.1. The average molecular weight is 314 g/mol. The van der Waals surface area contributed by atoms with Gasteiger partial charge in [0.1, 0.15) is 4.60 Å². The highest BCUT2D eigenvalue weighted by Crippen LogP contribution is 2.21. The van der Waals surface area contributed by atoms with E-state index in [1.807, 2.05) is 13.0 Å². The Kier molecular flexibility index (Phi) is 6.43. The quantitative estimate of drug-likeness (QED) is 0.460. The van der Waals surface area contributed by atoms with Crippen LogP contribution >= 0.6 is 15.9 Å². The molecule has 1 aromatic rings. The molecular weight excluding hydrogens is 298 g/mol. The van der Waals surface area contributed by atoms with Gasteiger partial charge in [0.2, 0.25) is 0 Å². The van der Waals surface area contributed by atoms with E-state index in [2.05, 4.69) is 20.9 Å². The van der Waals surface area contributed by atoms with Crippen molar-refractivity contribution in [3.63, 3.8) is 0 Å². The number of rotatable bonds is 6. The number of carbonyl (C=O) groups excluding carboxylic acids is 1. The van der Waals surface area contributed by atoms with Crippen LogP contribution in [0.5, 0.6) is 5.75 Å². The summed E-state index contributed by atoms with van der Waals surface area (Å²) in [4.78, 5) is 15.2. The average Bonchev–Trinajstić information content (AvgIpc) is 2.36. The third-order valence-electron chi connectivity index (χ3n) is 2.07. The topological polar surface area (TPSA) is 48.4 Å². The molecule has 1 atom stereocenters. The Bertz CT molecular complexity index is 420. The lowest BCUT2D eigenvalue weighted by molar-refractivity contribution is -0.137. The van der Waals surface area contributed by atoms with Gasteiger partial charge in [0, 0.05) is 18.2 Å². The first-order chi connectivity index (χ1) is 8.63. The van der Waals surface area contributed by atoms with Crippen LogP contribution < -0.4 is 4.74 Å². The molecule has 0 bridgehead atoms. The van der Waals surface area contributed by atoms with E-state index < -0.39 is 0 Å². The molecule has 5 heteroatoms. The van der Waals surface area contributed by atoms with E-state index in [9.17, 15) is 4.79 Å². The van der Waals surface area contributed by atoms with Crippen molar-refractivity contribution in [1.29, 1.82) is 0 Å². The molecule has 0 spiro atoms. The van der Waals surface area contributed by atoms with Crippen LogP contribution in [-0.2, 0) is 9.53 Å². The number of hydrogen-bond donors (Lipinski definition) is 0. The summed E-state index contributed by atoms with van der Waals surface area (Å²) in [5.74, 6) is 0.474. The number of ether oxygens (including phenoxy) is 2. The third-order valence-corrected chi connectivity index (χ3v) is 2.67. The van der Waals surface area contributed by atoms with Crippen LogP contribution in [0.4, 0.5) is 0 Å². The SMILES string of the molecule is CCOC(=O)/C=C/C(C)COc1cccnc1Br. The van der Waals surface area contributed by atoms with Crippen molar-refractivity contribution in [2.45, 2.75) is 13.8 Å². The van der Waals surface area contributed by atoms with Crippen molar-refractivity contribution in [1.82, 2.24) is 4.98 Å². The largest absolute Gasteiger partial charge is 0.490 e. The normalized spacial score (nSPS) is 12.4. The van der Waals surface area contributed by atoms with Crippen LogP contribution in [0.3, 0.4) is 0 Å². The molecule has 0 aliphatic heterocycles. The zero-order valence-electron chi connectivity index (χ0n) is 10.4. The second-order valence-electron chi connectivity index (χ2n) is 3.69.